The number of hydrogen-bond donors (Lipinski definition) is 0. The van der Waals surface area contributed by atoms with E-state index in [4.69, 9.17) is 14.2 Å². The van der Waals surface area contributed by atoms with Crippen molar-refractivity contribution in [3.63, 3.8) is 0 Å². The molecule has 0 saturated carbocycles. The fourth-order valence-electron chi connectivity index (χ4n) is 6.59. The van der Waals surface area contributed by atoms with E-state index in [0.29, 0.717) is 19.3 Å². The van der Waals surface area contributed by atoms with Gasteiger partial charge in [0.05, 0.1) is 0 Å². The Morgan fingerprint density at radius 2 is 0.686 bits per heavy atom. The first-order chi connectivity index (χ1) is 24.9. The van der Waals surface area contributed by atoms with Crippen LogP contribution in [0.15, 0.2) is 0 Å². The van der Waals surface area contributed by atoms with E-state index < -0.39 is 6.10 Å². The smallest absolute Gasteiger partial charge is 0.306 e. The van der Waals surface area contributed by atoms with Crippen LogP contribution in [-0.2, 0) is 28.6 Å². The van der Waals surface area contributed by atoms with Crippen LogP contribution in [0.25, 0.3) is 0 Å². The van der Waals surface area contributed by atoms with Crippen molar-refractivity contribution in [3.8, 4) is 0 Å². The molecule has 0 rings (SSSR count). The Hall–Kier alpha value is -1.59. The minimum absolute atomic E-state index is 0.0645. The molecule has 0 aliphatic carbocycles. The Bertz CT molecular complexity index is 768. The SMILES string of the molecule is CCCCCCCCCCCCCCCC(=O)OC[C@@H](COC(=O)CCCCCCCCC(C)CC)OC(=O)CCCCCCCCCCCC. The number of hydrogen-bond acceptors (Lipinski definition) is 6. The monoisotopic (exact) mass is 723 g/mol. The predicted molar refractivity (Wildman–Crippen MR) is 215 cm³/mol. The van der Waals surface area contributed by atoms with Gasteiger partial charge in [0.1, 0.15) is 13.2 Å². The zero-order valence-corrected chi connectivity index (χ0v) is 34.6. The van der Waals surface area contributed by atoms with Crippen LogP contribution in [0.2, 0.25) is 0 Å². The summed E-state index contributed by atoms with van der Waals surface area (Å²) in [7, 11) is 0. The van der Waals surface area contributed by atoms with Crippen molar-refractivity contribution < 1.29 is 28.6 Å². The molecule has 0 spiro atoms. The first-order valence-corrected chi connectivity index (χ1v) is 22.4. The van der Waals surface area contributed by atoms with Gasteiger partial charge in [0.25, 0.3) is 0 Å². The van der Waals surface area contributed by atoms with Crippen LogP contribution in [-0.4, -0.2) is 37.2 Å². The van der Waals surface area contributed by atoms with Gasteiger partial charge in [0.2, 0.25) is 0 Å². The van der Waals surface area contributed by atoms with Gasteiger partial charge in [-0.25, -0.2) is 0 Å². The van der Waals surface area contributed by atoms with Crippen molar-refractivity contribution in [3.05, 3.63) is 0 Å². The number of unbranched alkanes of at least 4 members (excludes halogenated alkanes) is 26. The standard InChI is InChI=1S/C45H86O6/c1-5-8-10-12-14-16-18-19-20-22-23-28-32-36-43(46)49-39-42(51-45(48)38-34-30-24-21-17-15-13-11-9-6-2)40-50-44(47)37-33-29-26-25-27-31-35-41(4)7-3/h41-42H,5-40H2,1-4H3/t41?,42-/m0/s1. The Morgan fingerprint density at radius 1 is 0.392 bits per heavy atom. The maximum atomic E-state index is 12.7. The first kappa shape index (κ1) is 49.4. The summed E-state index contributed by atoms with van der Waals surface area (Å²) in [5, 5.41) is 0. The topological polar surface area (TPSA) is 78.9 Å². The quantitative estimate of drug-likeness (QED) is 0.0356. The van der Waals surface area contributed by atoms with Crippen LogP contribution in [0.1, 0.15) is 246 Å². The fraction of sp³-hybridized carbons (Fsp3) is 0.933. The maximum absolute atomic E-state index is 12.7. The summed E-state index contributed by atoms with van der Waals surface area (Å²) in [5.74, 6) is -0.0447. The van der Waals surface area contributed by atoms with E-state index in [1.54, 1.807) is 0 Å². The summed E-state index contributed by atoms with van der Waals surface area (Å²) < 4.78 is 16.7. The number of esters is 3. The van der Waals surface area contributed by atoms with E-state index in [2.05, 4.69) is 27.7 Å². The van der Waals surface area contributed by atoms with Crippen LogP contribution in [0, 0.1) is 5.92 Å². The highest BCUT2D eigenvalue weighted by atomic mass is 16.6. The second kappa shape index (κ2) is 39.6. The normalized spacial score (nSPS) is 12.5. The average Bonchev–Trinajstić information content (AvgIpc) is 3.13. The molecule has 0 N–H and O–H groups in total. The molecule has 0 aromatic rings. The molecule has 0 aromatic carbocycles. The molecule has 0 aliphatic heterocycles. The van der Waals surface area contributed by atoms with Gasteiger partial charge in [-0.3, -0.25) is 14.4 Å². The molecule has 1 unspecified atom stereocenters. The third-order valence-corrected chi connectivity index (χ3v) is 10.4. The zero-order valence-electron chi connectivity index (χ0n) is 34.6. The van der Waals surface area contributed by atoms with Crippen LogP contribution in [0.3, 0.4) is 0 Å². The van der Waals surface area contributed by atoms with E-state index in [9.17, 15) is 14.4 Å². The third kappa shape index (κ3) is 38.0. The predicted octanol–water partition coefficient (Wildman–Crippen LogP) is 13.9. The summed E-state index contributed by atoms with van der Waals surface area (Å²) in [6, 6.07) is 0. The molecule has 0 heterocycles. The molecule has 2 atom stereocenters. The largest absolute Gasteiger partial charge is 0.462 e. The van der Waals surface area contributed by atoms with Crippen LogP contribution in [0.5, 0.6) is 0 Å². The van der Waals surface area contributed by atoms with E-state index in [1.807, 2.05) is 0 Å². The highest BCUT2D eigenvalue weighted by Gasteiger charge is 2.19. The molecule has 6 heteroatoms. The first-order valence-electron chi connectivity index (χ1n) is 22.4. The van der Waals surface area contributed by atoms with Crippen molar-refractivity contribution in [2.24, 2.45) is 5.92 Å². The molecule has 0 radical (unpaired) electrons. The summed E-state index contributed by atoms with van der Waals surface area (Å²) in [4.78, 5) is 37.6. The highest BCUT2D eigenvalue weighted by molar-refractivity contribution is 5.71. The van der Waals surface area contributed by atoms with Gasteiger partial charge in [0.15, 0.2) is 6.10 Å². The van der Waals surface area contributed by atoms with Crippen molar-refractivity contribution in [1.29, 1.82) is 0 Å². The molecule has 6 nitrogen and oxygen atoms in total. The van der Waals surface area contributed by atoms with Gasteiger partial charge in [-0.05, 0) is 25.2 Å². The molecule has 0 aliphatic rings. The fourth-order valence-corrected chi connectivity index (χ4v) is 6.59. The van der Waals surface area contributed by atoms with Gasteiger partial charge in [-0.1, -0.05) is 207 Å². The van der Waals surface area contributed by atoms with Crippen LogP contribution in [0.4, 0.5) is 0 Å². The number of carbonyl (C=O) groups excluding carboxylic acids is 3. The van der Waals surface area contributed by atoms with E-state index in [0.717, 1.165) is 63.7 Å². The molecule has 0 saturated heterocycles. The zero-order chi connectivity index (χ0) is 37.5. The van der Waals surface area contributed by atoms with Crippen molar-refractivity contribution >= 4 is 17.9 Å². The molecule has 0 bridgehead atoms. The van der Waals surface area contributed by atoms with Gasteiger partial charge >= 0.3 is 17.9 Å². The lowest BCUT2D eigenvalue weighted by Gasteiger charge is -2.18. The lowest BCUT2D eigenvalue weighted by molar-refractivity contribution is -0.167. The van der Waals surface area contributed by atoms with Gasteiger partial charge in [0, 0.05) is 19.3 Å². The summed E-state index contributed by atoms with van der Waals surface area (Å²) in [5.41, 5.74) is 0. The van der Waals surface area contributed by atoms with Crippen molar-refractivity contribution in [1.82, 2.24) is 0 Å². The molecule has 0 amide bonds. The second-order valence-electron chi connectivity index (χ2n) is 15.6. The summed E-state index contributed by atoms with van der Waals surface area (Å²) >= 11 is 0. The molecular formula is C45H86O6. The summed E-state index contributed by atoms with van der Waals surface area (Å²) in [6.45, 7) is 8.95. The van der Waals surface area contributed by atoms with Gasteiger partial charge in [-0.15, -0.1) is 0 Å². The Labute approximate surface area is 317 Å². The third-order valence-electron chi connectivity index (χ3n) is 10.4. The minimum atomic E-state index is -0.759. The lowest BCUT2D eigenvalue weighted by Crippen LogP contribution is -2.30. The molecule has 302 valence electrons. The van der Waals surface area contributed by atoms with Crippen molar-refractivity contribution in [2.75, 3.05) is 13.2 Å². The Balaban J connectivity index is 4.33. The number of ether oxygens (including phenoxy) is 3. The minimum Gasteiger partial charge on any atom is -0.462 e. The maximum Gasteiger partial charge on any atom is 0.306 e. The van der Waals surface area contributed by atoms with E-state index in [1.165, 1.54) is 141 Å². The number of carbonyl (C=O) groups is 3. The molecule has 0 fully saturated rings. The van der Waals surface area contributed by atoms with Gasteiger partial charge in [-0.2, -0.15) is 0 Å². The molecular weight excluding hydrogens is 636 g/mol. The van der Waals surface area contributed by atoms with Crippen LogP contribution >= 0.6 is 0 Å². The molecule has 51 heavy (non-hydrogen) atoms. The second-order valence-corrected chi connectivity index (χ2v) is 15.6. The summed E-state index contributed by atoms with van der Waals surface area (Å²) in [6.07, 6.45) is 38.0. The lowest BCUT2D eigenvalue weighted by atomic mass is 10.00. The highest BCUT2D eigenvalue weighted by Crippen LogP contribution is 2.16. The van der Waals surface area contributed by atoms with Crippen molar-refractivity contribution in [2.45, 2.75) is 252 Å². The Morgan fingerprint density at radius 3 is 1.02 bits per heavy atom. The average molecular weight is 723 g/mol. The Kier molecular flexibility index (Phi) is 38.4. The van der Waals surface area contributed by atoms with E-state index >= 15 is 0 Å². The number of rotatable bonds is 40. The van der Waals surface area contributed by atoms with E-state index in [-0.39, 0.29) is 31.1 Å². The van der Waals surface area contributed by atoms with Gasteiger partial charge < -0.3 is 14.2 Å². The molecule has 0 aromatic heterocycles. The van der Waals surface area contributed by atoms with Crippen LogP contribution < -0.4 is 0 Å².